The fraction of sp³-hybridized carbons (Fsp3) is 0.429. The maximum atomic E-state index is 11.4. The predicted molar refractivity (Wildman–Crippen MR) is 82.6 cm³/mol. The molecule has 0 spiro atoms. The van der Waals surface area contributed by atoms with Crippen molar-refractivity contribution >= 4 is 23.3 Å². The molecule has 3 rings (SSSR count). The van der Waals surface area contributed by atoms with Crippen LogP contribution in [0.1, 0.15) is 47.8 Å². The highest BCUT2D eigenvalue weighted by Crippen LogP contribution is 2.28. The number of carbonyl (C=O) groups excluding carboxylic acids is 1. The smallest absolute Gasteiger partial charge is 0.252 e. The largest absolute Gasteiger partial charge is 0.365 e. The maximum Gasteiger partial charge on any atom is 0.252 e. The lowest BCUT2D eigenvalue weighted by Crippen LogP contribution is -2.16. The van der Waals surface area contributed by atoms with E-state index in [1.54, 1.807) is 0 Å². The number of primary amides is 1. The molecule has 1 fully saturated rings. The van der Waals surface area contributed by atoms with Crippen LogP contribution in [0.2, 0.25) is 5.15 Å². The minimum Gasteiger partial charge on any atom is -0.365 e. The van der Waals surface area contributed by atoms with Crippen molar-refractivity contribution in [2.45, 2.75) is 38.3 Å². The lowest BCUT2D eigenvalue weighted by Gasteiger charge is -2.09. The Labute approximate surface area is 132 Å². The molecule has 7 nitrogen and oxygen atoms in total. The lowest BCUT2D eigenvalue weighted by molar-refractivity contribution is 0.100. The summed E-state index contributed by atoms with van der Waals surface area (Å²) in [5, 5.41) is 15.3. The Morgan fingerprint density at radius 2 is 2.18 bits per heavy atom. The summed E-state index contributed by atoms with van der Waals surface area (Å²) in [6.07, 6.45) is 6.89. The minimum atomic E-state index is -0.601. The zero-order valence-electron chi connectivity index (χ0n) is 12.0. The normalized spacial score (nSPS) is 15.1. The van der Waals surface area contributed by atoms with Crippen LogP contribution in [0.15, 0.2) is 18.3 Å². The van der Waals surface area contributed by atoms with Crippen LogP contribution in [0.3, 0.4) is 0 Å². The fourth-order valence-electron chi connectivity index (χ4n) is 2.70. The first-order chi connectivity index (χ1) is 10.6. The molecule has 0 unspecified atom stereocenters. The fourth-order valence-corrected chi connectivity index (χ4v) is 2.85. The van der Waals surface area contributed by atoms with E-state index < -0.39 is 5.91 Å². The van der Waals surface area contributed by atoms with Crippen molar-refractivity contribution in [3.8, 4) is 0 Å². The van der Waals surface area contributed by atoms with E-state index >= 15 is 0 Å². The summed E-state index contributed by atoms with van der Waals surface area (Å²) in [5.74, 6) is -0.289. The molecular formula is C14H17ClN6O. The molecule has 1 aliphatic carbocycles. The lowest BCUT2D eigenvalue weighted by atomic mass is 10.2. The molecular weight excluding hydrogens is 304 g/mol. The van der Waals surface area contributed by atoms with Gasteiger partial charge in [0, 0.05) is 6.20 Å². The number of nitrogens with one attached hydrogen (secondary N) is 1. The Balaban J connectivity index is 1.69. The van der Waals surface area contributed by atoms with Crippen LogP contribution >= 0.6 is 11.6 Å². The second-order valence-corrected chi connectivity index (χ2v) is 5.76. The summed E-state index contributed by atoms with van der Waals surface area (Å²) in [4.78, 5) is 11.4. The molecule has 2 aromatic rings. The van der Waals surface area contributed by atoms with E-state index in [4.69, 9.17) is 17.3 Å². The van der Waals surface area contributed by atoms with Gasteiger partial charge in [-0.15, -0.1) is 10.2 Å². The molecule has 0 radical (unpaired) electrons. The third kappa shape index (κ3) is 3.19. The van der Waals surface area contributed by atoms with Crippen LogP contribution in [0.5, 0.6) is 0 Å². The Hall–Kier alpha value is -2.15. The quantitative estimate of drug-likeness (QED) is 0.879. The molecule has 0 atom stereocenters. The van der Waals surface area contributed by atoms with E-state index in [0.29, 0.717) is 18.4 Å². The van der Waals surface area contributed by atoms with E-state index in [-0.39, 0.29) is 10.7 Å². The van der Waals surface area contributed by atoms with Gasteiger partial charge in [0.1, 0.15) is 0 Å². The molecule has 116 valence electrons. The third-order valence-corrected chi connectivity index (χ3v) is 4.01. The first-order valence-electron chi connectivity index (χ1n) is 7.24. The van der Waals surface area contributed by atoms with Crippen molar-refractivity contribution in [1.29, 1.82) is 0 Å². The maximum absolute atomic E-state index is 11.4. The average molecular weight is 321 g/mol. The summed E-state index contributed by atoms with van der Waals surface area (Å²) < 4.78 is 2.02. The van der Waals surface area contributed by atoms with Gasteiger partial charge in [-0.05, 0) is 25.0 Å². The second kappa shape index (κ2) is 6.31. The number of halogens is 1. The summed E-state index contributed by atoms with van der Waals surface area (Å²) in [6, 6.07) is 3.86. The molecule has 22 heavy (non-hydrogen) atoms. The second-order valence-electron chi connectivity index (χ2n) is 5.37. The molecule has 2 heterocycles. The van der Waals surface area contributed by atoms with Crippen LogP contribution in [-0.2, 0) is 6.54 Å². The van der Waals surface area contributed by atoms with Gasteiger partial charge in [-0.1, -0.05) is 24.4 Å². The molecule has 0 bridgehead atoms. The molecule has 1 saturated carbocycles. The van der Waals surface area contributed by atoms with E-state index in [1.165, 1.54) is 31.7 Å². The number of hydrogen-bond acceptors (Lipinski definition) is 5. The predicted octanol–water partition coefficient (Wildman–Crippen LogP) is 2.15. The topological polar surface area (TPSA) is 98.7 Å². The Morgan fingerprint density at radius 3 is 2.91 bits per heavy atom. The average Bonchev–Trinajstić information content (AvgIpc) is 3.16. The van der Waals surface area contributed by atoms with Gasteiger partial charge in [-0.25, -0.2) is 0 Å². The zero-order chi connectivity index (χ0) is 15.5. The van der Waals surface area contributed by atoms with E-state index in [1.807, 2.05) is 16.9 Å². The Bertz CT molecular complexity index is 680. The first-order valence-corrected chi connectivity index (χ1v) is 7.62. The molecule has 0 aliphatic heterocycles. The molecule has 1 amide bonds. The van der Waals surface area contributed by atoms with Gasteiger partial charge in [0.25, 0.3) is 5.91 Å². The van der Waals surface area contributed by atoms with E-state index in [9.17, 15) is 4.79 Å². The monoisotopic (exact) mass is 320 g/mol. The highest BCUT2D eigenvalue weighted by atomic mass is 35.5. The Kier molecular flexibility index (Phi) is 4.24. The number of rotatable bonds is 5. The van der Waals surface area contributed by atoms with Crippen molar-refractivity contribution in [2.24, 2.45) is 5.73 Å². The van der Waals surface area contributed by atoms with Gasteiger partial charge >= 0.3 is 0 Å². The van der Waals surface area contributed by atoms with Crippen LogP contribution < -0.4 is 11.1 Å². The summed E-state index contributed by atoms with van der Waals surface area (Å²) in [5.41, 5.74) is 6.41. The highest BCUT2D eigenvalue weighted by Gasteiger charge is 2.18. The SMILES string of the molecule is NC(=O)c1cc(Cl)nnc1NCc1ccn(C2CCCC2)n1. The number of anilines is 1. The van der Waals surface area contributed by atoms with E-state index in [0.717, 1.165) is 5.69 Å². The van der Waals surface area contributed by atoms with Gasteiger partial charge in [0.2, 0.25) is 0 Å². The third-order valence-electron chi connectivity index (χ3n) is 3.83. The summed E-state index contributed by atoms with van der Waals surface area (Å²) in [6.45, 7) is 0.441. The molecule has 8 heteroatoms. The number of aromatic nitrogens is 4. The van der Waals surface area contributed by atoms with Crippen molar-refractivity contribution in [3.05, 3.63) is 34.7 Å². The van der Waals surface area contributed by atoms with Gasteiger partial charge in [0.15, 0.2) is 11.0 Å². The van der Waals surface area contributed by atoms with Gasteiger partial charge < -0.3 is 11.1 Å². The van der Waals surface area contributed by atoms with Crippen LogP contribution in [0, 0.1) is 0 Å². The molecule has 1 aliphatic rings. The molecule has 0 saturated heterocycles. The van der Waals surface area contributed by atoms with Gasteiger partial charge in [-0.3, -0.25) is 9.48 Å². The van der Waals surface area contributed by atoms with Gasteiger partial charge in [0.05, 0.1) is 23.8 Å². The van der Waals surface area contributed by atoms with Crippen molar-refractivity contribution in [1.82, 2.24) is 20.0 Å². The van der Waals surface area contributed by atoms with E-state index in [2.05, 4.69) is 20.6 Å². The first kappa shape index (κ1) is 14.8. The van der Waals surface area contributed by atoms with Crippen LogP contribution in [0.25, 0.3) is 0 Å². The van der Waals surface area contributed by atoms with Crippen LogP contribution in [0.4, 0.5) is 5.82 Å². The number of carbonyl (C=O) groups is 1. The standard InChI is InChI=1S/C14H17ClN6O/c15-12-7-11(13(16)22)14(19-18-12)17-8-9-5-6-21(20-9)10-3-1-2-4-10/h5-7,10H,1-4,8H2,(H2,16,22)(H,17,19). The summed E-state index contributed by atoms with van der Waals surface area (Å²) >= 11 is 5.73. The van der Waals surface area contributed by atoms with Crippen molar-refractivity contribution in [3.63, 3.8) is 0 Å². The van der Waals surface area contributed by atoms with Gasteiger partial charge in [-0.2, -0.15) is 5.10 Å². The molecule has 0 aromatic carbocycles. The Morgan fingerprint density at radius 1 is 1.41 bits per heavy atom. The zero-order valence-corrected chi connectivity index (χ0v) is 12.8. The summed E-state index contributed by atoms with van der Waals surface area (Å²) in [7, 11) is 0. The number of amides is 1. The molecule has 2 aromatic heterocycles. The molecule has 3 N–H and O–H groups in total. The highest BCUT2D eigenvalue weighted by molar-refractivity contribution is 6.29. The van der Waals surface area contributed by atoms with Crippen molar-refractivity contribution in [2.75, 3.05) is 5.32 Å². The minimum absolute atomic E-state index is 0.130. The van der Waals surface area contributed by atoms with Crippen molar-refractivity contribution < 1.29 is 4.79 Å². The number of nitrogens with two attached hydrogens (primary N) is 1. The number of hydrogen-bond donors (Lipinski definition) is 2. The number of nitrogens with zero attached hydrogens (tertiary/aromatic N) is 4. The van der Waals surface area contributed by atoms with Crippen LogP contribution in [-0.4, -0.2) is 25.9 Å².